The third-order valence-electron chi connectivity index (χ3n) is 2.84. The lowest BCUT2D eigenvalue weighted by atomic mass is 9.87. The fourth-order valence-corrected chi connectivity index (χ4v) is 2.00. The van der Waals surface area contributed by atoms with Crippen molar-refractivity contribution in [3.05, 3.63) is 0 Å². The van der Waals surface area contributed by atoms with E-state index >= 15 is 0 Å². The molecule has 1 aliphatic carbocycles. The minimum absolute atomic E-state index is 0.0505. The Morgan fingerprint density at radius 1 is 1.12 bits per heavy atom. The van der Waals surface area contributed by atoms with Crippen molar-refractivity contribution in [2.24, 2.45) is 33.2 Å². The van der Waals surface area contributed by atoms with Gasteiger partial charge < -0.3 is 17.2 Å². The first-order chi connectivity index (χ1) is 7.68. The first-order valence-corrected chi connectivity index (χ1v) is 5.83. The molecule has 16 heavy (non-hydrogen) atoms. The summed E-state index contributed by atoms with van der Waals surface area (Å²) in [6, 6.07) is 0. The van der Waals surface area contributed by atoms with Gasteiger partial charge in [0.1, 0.15) is 0 Å². The van der Waals surface area contributed by atoms with Gasteiger partial charge in [0, 0.05) is 6.54 Å². The van der Waals surface area contributed by atoms with Crippen LogP contribution in [0.25, 0.3) is 0 Å². The van der Waals surface area contributed by atoms with Gasteiger partial charge in [0.25, 0.3) is 0 Å². The molecular formula is C10H22N6. The Kier molecular flexibility index (Phi) is 5.45. The number of hydrogen-bond donors (Lipinski definition) is 4. The van der Waals surface area contributed by atoms with Gasteiger partial charge in [-0.25, -0.2) is 5.43 Å². The first kappa shape index (κ1) is 12.6. The summed E-state index contributed by atoms with van der Waals surface area (Å²) in [6.07, 6.45) is 7.86. The minimum Gasteiger partial charge on any atom is -0.369 e. The summed E-state index contributed by atoms with van der Waals surface area (Å²) in [4.78, 5) is 4.16. The van der Waals surface area contributed by atoms with E-state index in [1.54, 1.807) is 0 Å². The molecule has 92 valence electrons. The minimum atomic E-state index is -0.0505. The molecule has 0 heterocycles. The molecule has 0 aliphatic heterocycles. The molecule has 6 heteroatoms. The van der Waals surface area contributed by atoms with Gasteiger partial charge in [-0.15, -0.1) is 5.10 Å². The highest BCUT2D eigenvalue weighted by Gasteiger charge is 2.12. The van der Waals surface area contributed by atoms with Gasteiger partial charge in [-0.05, 0) is 12.3 Å². The molecule has 0 atom stereocenters. The van der Waals surface area contributed by atoms with Crippen LogP contribution in [0.15, 0.2) is 10.1 Å². The van der Waals surface area contributed by atoms with Crippen LogP contribution in [0.2, 0.25) is 0 Å². The maximum atomic E-state index is 5.56. The van der Waals surface area contributed by atoms with Crippen molar-refractivity contribution in [3.63, 3.8) is 0 Å². The van der Waals surface area contributed by atoms with E-state index in [9.17, 15) is 0 Å². The van der Waals surface area contributed by atoms with Gasteiger partial charge in [-0.1, -0.05) is 32.1 Å². The lowest BCUT2D eigenvalue weighted by Gasteiger charge is -2.20. The van der Waals surface area contributed by atoms with E-state index in [1.807, 2.05) is 0 Å². The van der Waals surface area contributed by atoms with Gasteiger partial charge >= 0.3 is 0 Å². The Bertz CT molecular complexity index is 250. The third kappa shape index (κ3) is 5.43. The summed E-state index contributed by atoms with van der Waals surface area (Å²) < 4.78 is 0. The summed E-state index contributed by atoms with van der Waals surface area (Å²) in [5.41, 5.74) is 18.3. The molecular weight excluding hydrogens is 204 g/mol. The van der Waals surface area contributed by atoms with Crippen LogP contribution >= 0.6 is 0 Å². The molecule has 0 aromatic heterocycles. The van der Waals surface area contributed by atoms with Crippen molar-refractivity contribution >= 4 is 11.9 Å². The number of nitrogens with two attached hydrogens (primary N) is 3. The molecule has 0 radical (unpaired) electrons. The van der Waals surface area contributed by atoms with Crippen LogP contribution in [0.1, 0.15) is 38.5 Å². The van der Waals surface area contributed by atoms with E-state index in [-0.39, 0.29) is 11.9 Å². The van der Waals surface area contributed by atoms with E-state index in [1.165, 1.54) is 32.1 Å². The monoisotopic (exact) mass is 226 g/mol. The zero-order chi connectivity index (χ0) is 11.8. The third-order valence-corrected chi connectivity index (χ3v) is 2.84. The summed E-state index contributed by atoms with van der Waals surface area (Å²) in [5, 5.41) is 3.56. The zero-order valence-electron chi connectivity index (χ0n) is 9.65. The van der Waals surface area contributed by atoms with Crippen LogP contribution in [0.3, 0.4) is 0 Å². The molecule has 6 nitrogen and oxygen atoms in total. The van der Waals surface area contributed by atoms with E-state index in [0.29, 0.717) is 0 Å². The van der Waals surface area contributed by atoms with Crippen molar-refractivity contribution < 1.29 is 0 Å². The Morgan fingerprint density at radius 3 is 2.44 bits per heavy atom. The van der Waals surface area contributed by atoms with Gasteiger partial charge in [0.05, 0.1) is 0 Å². The fourth-order valence-electron chi connectivity index (χ4n) is 2.00. The van der Waals surface area contributed by atoms with Crippen molar-refractivity contribution in [2.45, 2.75) is 38.5 Å². The van der Waals surface area contributed by atoms with Gasteiger partial charge in [0.15, 0.2) is 0 Å². The van der Waals surface area contributed by atoms with Gasteiger partial charge in [-0.2, -0.15) is 0 Å². The number of nitrogens with one attached hydrogen (secondary N) is 1. The smallest absolute Gasteiger partial charge is 0.209 e. The van der Waals surface area contributed by atoms with Crippen LogP contribution in [0.4, 0.5) is 0 Å². The summed E-state index contributed by atoms with van der Waals surface area (Å²) in [5.74, 6) is 1.03. The molecule has 1 rings (SSSR count). The number of hydrazone groups is 1. The van der Waals surface area contributed by atoms with E-state index < -0.39 is 0 Å². The fraction of sp³-hybridized carbons (Fsp3) is 0.800. The maximum Gasteiger partial charge on any atom is 0.209 e. The van der Waals surface area contributed by atoms with Crippen molar-refractivity contribution in [2.75, 3.05) is 6.54 Å². The van der Waals surface area contributed by atoms with E-state index in [0.717, 1.165) is 18.9 Å². The van der Waals surface area contributed by atoms with Crippen molar-refractivity contribution in [3.8, 4) is 0 Å². The number of hydrogen-bond acceptors (Lipinski definition) is 2. The van der Waals surface area contributed by atoms with Crippen LogP contribution in [0, 0.1) is 5.92 Å². The molecule has 1 fully saturated rings. The largest absolute Gasteiger partial charge is 0.369 e. The lowest BCUT2D eigenvalue weighted by molar-refractivity contribution is 0.343. The molecule has 1 aliphatic rings. The predicted octanol–water partition coefficient (Wildman–Crippen LogP) is 0.0495. The average molecular weight is 226 g/mol. The van der Waals surface area contributed by atoms with Crippen LogP contribution < -0.4 is 22.6 Å². The predicted molar refractivity (Wildman–Crippen MR) is 66.6 cm³/mol. The lowest BCUT2D eigenvalue weighted by Crippen LogP contribution is -2.33. The number of rotatable bonds is 4. The molecule has 0 saturated heterocycles. The van der Waals surface area contributed by atoms with Crippen molar-refractivity contribution in [1.82, 2.24) is 5.43 Å². The maximum absolute atomic E-state index is 5.56. The number of aliphatic imine (C=N–C) groups is 1. The number of guanidine groups is 2. The molecule has 0 bridgehead atoms. The average Bonchev–Trinajstić information content (AvgIpc) is 2.28. The van der Waals surface area contributed by atoms with Gasteiger partial charge in [0.2, 0.25) is 11.9 Å². The Hall–Kier alpha value is -1.46. The van der Waals surface area contributed by atoms with Crippen LogP contribution in [-0.4, -0.2) is 18.5 Å². The summed E-state index contributed by atoms with van der Waals surface area (Å²) in [7, 11) is 0. The normalized spacial score (nSPS) is 18.1. The molecule has 0 aromatic rings. The molecule has 0 unspecified atom stereocenters. The van der Waals surface area contributed by atoms with Crippen molar-refractivity contribution in [1.29, 1.82) is 0 Å². The second kappa shape index (κ2) is 6.92. The molecule has 7 N–H and O–H groups in total. The van der Waals surface area contributed by atoms with E-state index in [4.69, 9.17) is 17.2 Å². The topological polar surface area (TPSA) is 115 Å². The molecule has 0 spiro atoms. The summed E-state index contributed by atoms with van der Waals surface area (Å²) in [6.45, 7) is 0.740. The van der Waals surface area contributed by atoms with E-state index in [2.05, 4.69) is 15.5 Å². The molecule has 0 aromatic carbocycles. The van der Waals surface area contributed by atoms with Gasteiger partial charge in [-0.3, -0.25) is 4.99 Å². The molecule has 1 saturated carbocycles. The highest BCUT2D eigenvalue weighted by Crippen LogP contribution is 2.25. The second-order valence-corrected chi connectivity index (χ2v) is 4.21. The molecule has 0 amide bonds. The standard InChI is InChI=1S/C10H22N6/c11-9(12)15-16-10(13)14-7-6-8-4-2-1-3-5-8/h8H,1-7H2,(H4,11,12,15)(H3,13,14,16). The highest BCUT2D eigenvalue weighted by atomic mass is 15.4. The van der Waals surface area contributed by atoms with Crippen LogP contribution in [-0.2, 0) is 0 Å². The van der Waals surface area contributed by atoms with Crippen LogP contribution in [0.5, 0.6) is 0 Å². The Morgan fingerprint density at radius 2 is 1.81 bits per heavy atom. The number of nitrogens with zero attached hydrogens (tertiary/aromatic N) is 2. The highest BCUT2D eigenvalue weighted by molar-refractivity contribution is 5.81. The first-order valence-electron chi connectivity index (χ1n) is 5.83. The summed E-state index contributed by atoms with van der Waals surface area (Å²) >= 11 is 0. The zero-order valence-corrected chi connectivity index (χ0v) is 9.65. The second-order valence-electron chi connectivity index (χ2n) is 4.21. The Balaban J connectivity index is 2.16. The Labute approximate surface area is 96.3 Å². The SMILES string of the molecule is NC(N)=NNC(N)=NCCC1CCCCC1. The quantitative estimate of drug-likeness (QED) is 0.308.